The number of ether oxygens (including phenoxy) is 1. The van der Waals surface area contributed by atoms with E-state index in [1.54, 1.807) is 31.5 Å². The molecule has 2 rings (SSSR count). The molecule has 0 saturated heterocycles. The third-order valence-corrected chi connectivity index (χ3v) is 3.22. The summed E-state index contributed by atoms with van der Waals surface area (Å²) in [6.07, 6.45) is 1.58. The molecule has 1 heterocycles. The highest BCUT2D eigenvalue weighted by atomic mass is 79.9. The average molecular weight is 325 g/mol. The number of nitrogens with two attached hydrogens (primary N) is 1. The lowest BCUT2D eigenvalue weighted by atomic mass is 10.2. The van der Waals surface area contributed by atoms with Crippen LogP contribution in [0.5, 0.6) is 5.75 Å². The number of carbonyl (C=O) groups excluding carboxylic acids is 1. The van der Waals surface area contributed by atoms with Gasteiger partial charge in [0.15, 0.2) is 0 Å². The summed E-state index contributed by atoms with van der Waals surface area (Å²) >= 11 is 3.34. The lowest BCUT2D eigenvalue weighted by Gasteiger charge is -2.07. The first-order chi connectivity index (χ1) is 9.11. The number of methoxy groups -OCH3 is 1. The molecule has 0 aliphatic carbocycles. The van der Waals surface area contributed by atoms with Crippen molar-refractivity contribution in [2.24, 2.45) is 0 Å². The molecule has 1 aromatic heterocycles. The highest BCUT2D eigenvalue weighted by molar-refractivity contribution is 9.10. The van der Waals surface area contributed by atoms with Crippen molar-refractivity contribution in [1.29, 1.82) is 0 Å². The number of halogens is 1. The molecular weight excluding hydrogens is 312 g/mol. The number of rotatable bonds is 4. The van der Waals surface area contributed by atoms with Crippen molar-refractivity contribution in [3.05, 3.63) is 40.0 Å². The molecule has 19 heavy (non-hydrogen) atoms. The number of carbonyl (C=O) groups is 1. The van der Waals surface area contributed by atoms with E-state index in [1.165, 1.54) is 0 Å². The maximum Gasteiger partial charge on any atom is 0.251 e. The summed E-state index contributed by atoms with van der Waals surface area (Å²) in [5, 5.41) is 9.16. The summed E-state index contributed by atoms with van der Waals surface area (Å²) in [5.41, 5.74) is 6.92. The van der Waals surface area contributed by atoms with Crippen molar-refractivity contribution in [2.45, 2.75) is 6.54 Å². The van der Waals surface area contributed by atoms with Crippen LogP contribution >= 0.6 is 15.9 Å². The minimum Gasteiger partial charge on any atom is -0.496 e. The second-order valence-corrected chi connectivity index (χ2v) is 4.70. The zero-order chi connectivity index (χ0) is 13.8. The summed E-state index contributed by atoms with van der Waals surface area (Å²) in [4.78, 5) is 12.0. The van der Waals surface area contributed by atoms with Gasteiger partial charge in [0.25, 0.3) is 5.91 Å². The van der Waals surface area contributed by atoms with Crippen LogP contribution in [0.2, 0.25) is 0 Å². The topological polar surface area (TPSA) is 93.0 Å². The minimum atomic E-state index is -0.191. The van der Waals surface area contributed by atoms with E-state index in [-0.39, 0.29) is 5.91 Å². The number of anilines is 1. The molecule has 0 bridgehead atoms. The van der Waals surface area contributed by atoms with E-state index in [2.05, 4.69) is 31.4 Å². The van der Waals surface area contributed by atoms with Crippen molar-refractivity contribution in [3.8, 4) is 5.75 Å². The smallest absolute Gasteiger partial charge is 0.251 e. The van der Waals surface area contributed by atoms with Crippen LogP contribution in [0.3, 0.4) is 0 Å². The molecule has 100 valence electrons. The van der Waals surface area contributed by atoms with Crippen LogP contribution in [-0.2, 0) is 6.54 Å². The lowest BCUT2D eigenvalue weighted by Crippen LogP contribution is -2.23. The van der Waals surface area contributed by atoms with Crippen molar-refractivity contribution in [1.82, 2.24) is 15.5 Å². The molecular formula is C12H13BrN4O2. The van der Waals surface area contributed by atoms with Crippen LogP contribution in [0.15, 0.2) is 28.9 Å². The molecule has 0 spiro atoms. The van der Waals surface area contributed by atoms with E-state index in [0.717, 1.165) is 10.0 Å². The van der Waals surface area contributed by atoms with E-state index < -0.39 is 0 Å². The maximum absolute atomic E-state index is 12.0. The Labute approximate surface area is 118 Å². The second kappa shape index (κ2) is 5.75. The largest absolute Gasteiger partial charge is 0.496 e. The van der Waals surface area contributed by atoms with Gasteiger partial charge in [0, 0.05) is 17.7 Å². The van der Waals surface area contributed by atoms with Gasteiger partial charge in [-0.1, -0.05) is 0 Å². The van der Waals surface area contributed by atoms with Crippen LogP contribution in [-0.4, -0.2) is 23.2 Å². The first-order valence-corrected chi connectivity index (χ1v) is 6.30. The van der Waals surface area contributed by atoms with Gasteiger partial charge in [0.1, 0.15) is 11.6 Å². The normalized spacial score (nSPS) is 10.2. The first kappa shape index (κ1) is 13.4. The standard InChI is InChI=1S/C12H13BrN4O2/c1-19-10-3-2-7(4-9(10)13)12(18)15-5-8-6-16-17-11(8)14/h2-4,6H,5H2,1H3,(H,15,18)(H3,14,16,17). The van der Waals surface area contributed by atoms with Gasteiger partial charge in [0.2, 0.25) is 0 Å². The summed E-state index contributed by atoms with van der Waals surface area (Å²) in [6, 6.07) is 5.12. The number of aromatic nitrogens is 2. The van der Waals surface area contributed by atoms with E-state index in [4.69, 9.17) is 10.5 Å². The lowest BCUT2D eigenvalue weighted by molar-refractivity contribution is 0.0951. The summed E-state index contributed by atoms with van der Waals surface area (Å²) in [6.45, 7) is 0.324. The summed E-state index contributed by atoms with van der Waals surface area (Å²) in [7, 11) is 1.57. The number of nitrogen functional groups attached to an aromatic ring is 1. The third kappa shape index (κ3) is 3.05. The zero-order valence-corrected chi connectivity index (χ0v) is 11.8. The van der Waals surface area contributed by atoms with Gasteiger partial charge in [-0.25, -0.2) is 0 Å². The monoisotopic (exact) mass is 324 g/mol. The maximum atomic E-state index is 12.0. The van der Waals surface area contributed by atoms with E-state index in [9.17, 15) is 4.79 Å². The molecule has 1 amide bonds. The number of aromatic amines is 1. The molecule has 0 aliphatic rings. The summed E-state index contributed by atoms with van der Waals surface area (Å²) in [5.74, 6) is 0.941. The van der Waals surface area contributed by atoms with Gasteiger partial charge < -0.3 is 15.8 Å². The predicted molar refractivity (Wildman–Crippen MR) is 74.9 cm³/mol. The van der Waals surface area contributed by atoms with Crippen LogP contribution in [0.4, 0.5) is 5.82 Å². The minimum absolute atomic E-state index is 0.191. The molecule has 0 aliphatic heterocycles. The highest BCUT2D eigenvalue weighted by Crippen LogP contribution is 2.25. The number of benzene rings is 1. The average Bonchev–Trinajstić information content (AvgIpc) is 2.81. The predicted octanol–water partition coefficient (Wildman–Crippen LogP) is 1.69. The number of hydrogen-bond donors (Lipinski definition) is 3. The quantitative estimate of drug-likeness (QED) is 0.797. The number of nitrogens with zero attached hydrogens (tertiary/aromatic N) is 1. The molecule has 0 saturated carbocycles. The molecule has 1 aromatic carbocycles. The van der Waals surface area contributed by atoms with E-state index in [0.29, 0.717) is 23.7 Å². The Hall–Kier alpha value is -2.02. The Morgan fingerprint density at radius 3 is 2.95 bits per heavy atom. The Morgan fingerprint density at radius 2 is 2.37 bits per heavy atom. The molecule has 0 atom stereocenters. The van der Waals surface area contributed by atoms with Crippen LogP contribution < -0.4 is 15.8 Å². The second-order valence-electron chi connectivity index (χ2n) is 3.84. The fourth-order valence-electron chi connectivity index (χ4n) is 1.55. The molecule has 0 fully saturated rings. The Bertz CT molecular complexity index is 597. The fourth-order valence-corrected chi connectivity index (χ4v) is 2.09. The summed E-state index contributed by atoms with van der Waals surface area (Å²) < 4.78 is 5.83. The van der Waals surface area contributed by atoms with Gasteiger partial charge in [0.05, 0.1) is 17.8 Å². The van der Waals surface area contributed by atoms with Crippen molar-refractivity contribution < 1.29 is 9.53 Å². The van der Waals surface area contributed by atoms with Gasteiger partial charge >= 0.3 is 0 Å². The van der Waals surface area contributed by atoms with E-state index >= 15 is 0 Å². The Morgan fingerprint density at radius 1 is 1.58 bits per heavy atom. The number of hydrogen-bond acceptors (Lipinski definition) is 4. The van der Waals surface area contributed by atoms with Crippen LogP contribution in [0.25, 0.3) is 0 Å². The van der Waals surface area contributed by atoms with Gasteiger partial charge in [-0.3, -0.25) is 9.89 Å². The third-order valence-electron chi connectivity index (χ3n) is 2.60. The molecule has 6 nitrogen and oxygen atoms in total. The van der Waals surface area contributed by atoms with Crippen molar-refractivity contribution in [3.63, 3.8) is 0 Å². The number of nitrogens with one attached hydrogen (secondary N) is 2. The van der Waals surface area contributed by atoms with Gasteiger partial charge in [-0.05, 0) is 34.1 Å². The van der Waals surface area contributed by atoms with Gasteiger partial charge in [-0.15, -0.1) is 0 Å². The van der Waals surface area contributed by atoms with Crippen LogP contribution in [0.1, 0.15) is 15.9 Å². The van der Waals surface area contributed by atoms with Crippen molar-refractivity contribution >= 4 is 27.7 Å². The molecule has 0 radical (unpaired) electrons. The van der Waals surface area contributed by atoms with Crippen LogP contribution in [0, 0.1) is 0 Å². The van der Waals surface area contributed by atoms with E-state index in [1.807, 2.05) is 0 Å². The Kier molecular flexibility index (Phi) is 4.06. The zero-order valence-electron chi connectivity index (χ0n) is 10.2. The molecule has 0 unspecified atom stereocenters. The molecule has 7 heteroatoms. The highest BCUT2D eigenvalue weighted by Gasteiger charge is 2.09. The molecule has 4 N–H and O–H groups in total. The molecule has 2 aromatic rings. The van der Waals surface area contributed by atoms with Crippen molar-refractivity contribution in [2.75, 3.05) is 12.8 Å². The number of amides is 1. The van der Waals surface area contributed by atoms with Gasteiger partial charge in [-0.2, -0.15) is 5.10 Å². The fraction of sp³-hybridized carbons (Fsp3) is 0.167. The number of H-pyrrole nitrogens is 1. The first-order valence-electron chi connectivity index (χ1n) is 5.51. The SMILES string of the molecule is COc1ccc(C(=O)NCc2cn[nH]c2N)cc1Br. The Balaban J connectivity index is 2.04.